The highest BCUT2D eigenvalue weighted by molar-refractivity contribution is 7.88. The third kappa shape index (κ3) is 1.67. The lowest BCUT2D eigenvalue weighted by Gasteiger charge is -1.84. The Morgan fingerprint density at radius 1 is 1.64 bits per heavy atom. The molecule has 1 aromatic rings. The molecule has 0 spiro atoms. The van der Waals surface area contributed by atoms with Gasteiger partial charge in [-0.05, 0) is 6.92 Å². The molecule has 0 radical (unpaired) electrons. The van der Waals surface area contributed by atoms with Crippen molar-refractivity contribution in [3.8, 4) is 0 Å². The predicted molar refractivity (Wildman–Crippen MR) is 41.1 cm³/mol. The lowest BCUT2D eigenvalue weighted by atomic mass is 10.5. The monoisotopic (exact) mass is 194 g/mol. The zero-order valence-electron chi connectivity index (χ0n) is 5.60. The van der Waals surface area contributed by atoms with Crippen LogP contribution in [-0.2, 0) is 10.1 Å². The van der Waals surface area contributed by atoms with Crippen molar-refractivity contribution in [2.24, 2.45) is 0 Å². The van der Waals surface area contributed by atoms with E-state index in [0.29, 0.717) is 10.7 Å². The summed E-state index contributed by atoms with van der Waals surface area (Å²) in [5.41, 5.74) is 5.74. The SMILES string of the molecule is Cc1nc(S(=O)(=O)O)sc1N. The number of aromatic nitrogens is 1. The van der Waals surface area contributed by atoms with E-state index >= 15 is 0 Å². The van der Waals surface area contributed by atoms with Crippen molar-refractivity contribution in [3.63, 3.8) is 0 Å². The summed E-state index contributed by atoms with van der Waals surface area (Å²) in [5, 5.41) is 0.303. The average Bonchev–Trinajstić information content (AvgIpc) is 2.11. The predicted octanol–water partition coefficient (Wildman–Crippen LogP) is 0.280. The van der Waals surface area contributed by atoms with E-state index in [1.165, 1.54) is 0 Å². The lowest BCUT2D eigenvalue weighted by molar-refractivity contribution is 0.482. The first-order valence-electron chi connectivity index (χ1n) is 2.61. The second kappa shape index (κ2) is 2.43. The average molecular weight is 194 g/mol. The molecule has 1 aromatic heterocycles. The van der Waals surface area contributed by atoms with Crippen LogP contribution in [0.4, 0.5) is 5.00 Å². The smallest absolute Gasteiger partial charge is 0.322 e. The molecule has 62 valence electrons. The van der Waals surface area contributed by atoms with Crippen LogP contribution in [0.3, 0.4) is 0 Å². The molecule has 0 fully saturated rings. The third-order valence-electron chi connectivity index (χ3n) is 1.03. The molecule has 3 N–H and O–H groups in total. The Hall–Kier alpha value is -0.660. The van der Waals surface area contributed by atoms with Gasteiger partial charge in [0.25, 0.3) is 0 Å². The van der Waals surface area contributed by atoms with Gasteiger partial charge in [-0.15, -0.1) is 0 Å². The topological polar surface area (TPSA) is 93.3 Å². The number of nitrogens with zero attached hydrogens (tertiary/aromatic N) is 1. The molecule has 0 amide bonds. The summed E-state index contributed by atoms with van der Waals surface area (Å²) in [6.45, 7) is 1.57. The first-order chi connectivity index (χ1) is 4.91. The van der Waals surface area contributed by atoms with E-state index in [-0.39, 0.29) is 4.34 Å². The van der Waals surface area contributed by atoms with E-state index in [4.69, 9.17) is 10.3 Å². The van der Waals surface area contributed by atoms with Crippen molar-refractivity contribution in [1.29, 1.82) is 0 Å². The molecule has 0 bridgehead atoms. The van der Waals surface area contributed by atoms with Crippen LogP contribution in [0.2, 0.25) is 0 Å². The van der Waals surface area contributed by atoms with Crippen molar-refractivity contribution in [1.82, 2.24) is 4.98 Å². The fourth-order valence-corrected chi connectivity index (χ4v) is 2.00. The maximum atomic E-state index is 10.4. The van der Waals surface area contributed by atoms with Gasteiger partial charge in [0, 0.05) is 0 Å². The second-order valence-corrected chi connectivity index (χ2v) is 4.53. The molecule has 7 heteroatoms. The van der Waals surface area contributed by atoms with Crippen LogP contribution >= 0.6 is 11.3 Å². The second-order valence-electron chi connectivity index (χ2n) is 1.90. The van der Waals surface area contributed by atoms with E-state index in [1.54, 1.807) is 6.92 Å². The minimum Gasteiger partial charge on any atom is -0.389 e. The van der Waals surface area contributed by atoms with Crippen LogP contribution in [0.25, 0.3) is 0 Å². The number of rotatable bonds is 1. The molecule has 0 aliphatic carbocycles. The Labute approximate surface area is 67.6 Å². The zero-order chi connectivity index (χ0) is 8.65. The first kappa shape index (κ1) is 8.44. The normalized spacial score (nSPS) is 11.8. The minimum atomic E-state index is -4.18. The molecule has 5 nitrogen and oxygen atoms in total. The number of anilines is 1. The quantitative estimate of drug-likeness (QED) is 0.626. The molecule has 0 saturated carbocycles. The highest BCUT2D eigenvalue weighted by Gasteiger charge is 2.15. The lowest BCUT2D eigenvalue weighted by Crippen LogP contribution is -1.96. The van der Waals surface area contributed by atoms with Gasteiger partial charge in [-0.1, -0.05) is 11.3 Å². The Bertz CT molecular complexity index is 347. The number of aryl methyl sites for hydroxylation is 1. The van der Waals surface area contributed by atoms with Crippen molar-refractivity contribution in [3.05, 3.63) is 5.69 Å². The minimum absolute atomic E-state index is 0.303. The van der Waals surface area contributed by atoms with Crippen molar-refractivity contribution >= 4 is 26.5 Å². The van der Waals surface area contributed by atoms with Crippen LogP contribution < -0.4 is 5.73 Å². The molecular weight excluding hydrogens is 188 g/mol. The molecule has 0 atom stereocenters. The Morgan fingerprint density at radius 3 is 2.36 bits per heavy atom. The zero-order valence-corrected chi connectivity index (χ0v) is 7.24. The van der Waals surface area contributed by atoms with Gasteiger partial charge in [0.15, 0.2) is 0 Å². The summed E-state index contributed by atoms with van der Waals surface area (Å²) < 4.78 is 29.0. The van der Waals surface area contributed by atoms with Gasteiger partial charge in [-0.2, -0.15) is 8.42 Å². The molecule has 0 aliphatic rings. The fraction of sp³-hybridized carbons (Fsp3) is 0.250. The van der Waals surface area contributed by atoms with Gasteiger partial charge in [-0.3, -0.25) is 4.55 Å². The summed E-state index contributed by atoms with van der Waals surface area (Å²) in [6, 6.07) is 0. The van der Waals surface area contributed by atoms with E-state index < -0.39 is 10.1 Å². The van der Waals surface area contributed by atoms with Crippen LogP contribution in [0.1, 0.15) is 5.69 Å². The maximum Gasteiger partial charge on any atom is 0.322 e. The van der Waals surface area contributed by atoms with Gasteiger partial charge in [0.2, 0.25) is 4.34 Å². The number of thiazole rings is 1. The fourth-order valence-electron chi connectivity index (χ4n) is 0.493. The van der Waals surface area contributed by atoms with Crippen LogP contribution in [0.15, 0.2) is 4.34 Å². The number of hydrogen-bond donors (Lipinski definition) is 2. The largest absolute Gasteiger partial charge is 0.389 e. The van der Waals surface area contributed by atoms with Gasteiger partial charge < -0.3 is 5.73 Å². The molecule has 0 saturated heterocycles. The number of nitrogens with two attached hydrogens (primary N) is 1. The number of hydrogen-bond acceptors (Lipinski definition) is 5. The number of nitrogen functional groups attached to an aromatic ring is 1. The summed E-state index contributed by atoms with van der Waals surface area (Å²) in [5.74, 6) is 0. The molecule has 0 aliphatic heterocycles. The third-order valence-corrected chi connectivity index (χ3v) is 3.23. The summed E-state index contributed by atoms with van der Waals surface area (Å²) in [7, 11) is -4.18. The van der Waals surface area contributed by atoms with Gasteiger partial charge in [0.1, 0.15) is 5.00 Å². The standard InChI is InChI=1S/C4H6N2O3S2/c1-2-3(5)10-4(6-2)11(7,8)9/h5H2,1H3,(H,7,8,9). The summed E-state index contributed by atoms with van der Waals surface area (Å²) >= 11 is 0.750. The highest BCUT2D eigenvalue weighted by Crippen LogP contribution is 2.23. The Kier molecular flexibility index (Phi) is 1.87. The Morgan fingerprint density at radius 2 is 2.18 bits per heavy atom. The van der Waals surface area contributed by atoms with Gasteiger partial charge >= 0.3 is 10.1 Å². The van der Waals surface area contributed by atoms with Crippen molar-refractivity contribution < 1.29 is 13.0 Å². The summed E-state index contributed by atoms with van der Waals surface area (Å²) in [6.07, 6.45) is 0. The van der Waals surface area contributed by atoms with E-state index in [9.17, 15) is 8.42 Å². The van der Waals surface area contributed by atoms with Crippen molar-refractivity contribution in [2.75, 3.05) is 5.73 Å². The Balaban J connectivity index is 3.29. The highest BCUT2D eigenvalue weighted by atomic mass is 32.3. The van der Waals surface area contributed by atoms with Crippen molar-refractivity contribution in [2.45, 2.75) is 11.3 Å². The van der Waals surface area contributed by atoms with E-state index in [1.807, 2.05) is 0 Å². The van der Waals surface area contributed by atoms with Crippen LogP contribution in [-0.4, -0.2) is 18.0 Å². The van der Waals surface area contributed by atoms with E-state index in [0.717, 1.165) is 11.3 Å². The van der Waals surface area contributed by atoms with E-state index in [2.05, 4.69) is 4.98 Å². The maximum absolute atomic E-state index is 10.4. The molecule has 0 unspecified atom stereocenters. The molecule has 1 heterocycles. The van der Waals surface area contributed by atoms with Gasteiger partial charge in [0.05, 0.1) is 5.69 Å². The molecular formula is C4H6N2O3S2. The molecule has 0 aromatic carbocycles. The van der Waals surface area contributed by atoms with Crippen LogP contribution in [0.5, 0.6) is 0 Å². The summed E-state index contributed by atoms with van der Waals surface area (Å²) in [4.78, 5) is 3.54. The van der Waals surface area contributed by atoms with Crippen LogP contribution in [0, 0.1) is 6.92 Å². The first-order valence-corrected chi connectivity index (χ1v) is 4.87. The molecule has 11 heavy (non-hydrogen) atoms. The van der Waals surface area contributed by atoms with Gasteiger partial charge in [-0.25, -0.2) is 4.98 Å². The molecule has 1 rings (SSSR count).